The molecule has 0 saturated carbocycles. The molecule has 0 unspecified atom stereocenters. The number of carbonyl (C=O) groups excluding carboxylic acids is 1. The fraction of sp³-hybridized carbons (Fsp3) is 0.146. The quantitative estimate of drug-likeness (QED) is 0.0861. The molecule has 5 rings (SSSR count). The second kappa shape index (κ2) is 18.9. The van der Waals surface area contributed by atoms with Crippen LogP contribution in [-0.4, -0.2) is 36.0 Å². The SMILES string of the molecule is CCOS(=O)(=O)/C=C/c1ccc(OCc2ccc(COc3ccc(/C=C/S(=O)(=O)OCC)cc3)c(C(=O)Nc3ccc(Oc4ccccc4)cc3)c2)cc1. The summed E-state index contributed by atoms with van der Waals surface area (Å²) in [5.41, 5.74) is 3.56. The molecule has 11 nitrogen and oxygen atoms in total. The standard InChI is InChI=1S/C41H39NO10S2/c1-3-50-53(44,45)26-24-31-11-18-36(19-12-31)48-29-33-10-15-34(30-49-37-20-13-32(14-21-37)25-27-54(46,47)51-4-2)40(28-33)41(43)42-35-16-22-39(23-17-35)52-38-8-6-5-7-9-38/h5-28H,3-4,29-30H2,1-2H3,(H,42,43)/b26-24+,27-25+. The molecule has 0 radical (unpaired) electrons. The lowest BCUT2D eigenvalue weighted by molar-refractivity contribution is 0.102. The van der Waals surface area contributed by atoms with Gasteiger partial charge in [-0.25, -0.2) is 0 Å². The maximum Gasteiger partial charge on any atom is 0.290 e. The first-order valence-corrected chi connectivity index (χ1v) is 19.8. The summed E-state index contributed by atoms with van der Waals surface area (Å²) in [5, 5.41) is 4.95. The summed E-state index contributed by atoms with van der Waals surface area (Å²) < 4.78 is 74.6. The van der Waals surface area contributed by atoms with E-state index in [-0.39, 0.29) is 32.3 Å². The minimum atomic E-state index is -3.76. The van der Waals surface area contributed by atoms with Gasteiger partial charge < -0.3 is 19.5 Å². The van der Waals surface area contributed by atoms with Crippen LogP contribution in [0.4, 0.5) is 5.69 Å². The van der Waals surface area contributed by atoms with Gasteiger partial charge >= 0.3 is 0 Å². The molecule has 280 valence electrons. The van der Waals surface area contributed by atoms with Gasteiger partial charge in [0.15, 0.2) is 0 Å². The number of para-hydroxylation sites is 1. The van der Waals surface area contributed by atoms with Gasteiger partial charge in [-0.05, 0) is 109 Å². The van der Waals surface area contributed by atoms with Crippen LogP contribution in [0.5, 0.6) is 23.0 Å². The smallest absolute Gasteiger partial charge is 0.290 e. The normalized spacial score (nSPS) is 11.8. The second-order valence-electron chi connectivity index (χ2n) is 11.5. The summed E-state index contributed by atoms with van der Waals surface area (Å²) in [4.78, 5) is 13.7. The predicted octanol–water partition coefficient (Wildman–Crippen LogP) is 8.56. The number of hydrogen-bond acceptors (Lipinski definition) is 10. The molecular formula is C41H39NO10S2. The number of ether oxygens (including phenoxy) is 3. The Morgan fingerprint density at radius 2 is 1.09 bits per heavy atom. The van der Waals surface area contributed by atoms with Crippen LogP contribution in [0.1, 0.15) is 46.5 Å². The number of rotatable bonds is 18. The topological polar surface area (TPSA) is 144 Å². The third kappa shape index (κ3) is 12.5. The zero-order chi connectivity index (χ0) is 38.4. The van der Waals surface area contributed by atoms with Crippen molar-refractivity contribution >= 4 is 44.0 Å². The first-order chi connectivity index (χ1) is 26.0. The van der Waals surface area contributed by atoms with E-state index in [0.29, 0.717) is 50.9 Å². The average molecular weight is 770 g/mol. The largest absolute Gasteiger partial charge is 0.489 e. The Labute approximate surface area is 315 Å². The molecule has 5 aromatic carbocycles. The maximum absolute atomic E-state index is 13.7. The minimum Gasteiger partial charge on any atom is -0.489 e. The number of anilines is 1. The molecule has 0 aromatic heterocycles. The van der Waals surface area contributed by atoms with Crippen molar-refractivity contribution < 1.29 is 44.2 Å². The molecular weight excluding hydrogens is 731 g/mol. The molecule has 1 N–H and O–H groups in total. The number of hydrogen-bond donors (Lipinski definition) is 1. The lowest BCUT2D eigenvalue weighted by atomic mass is 10.0. The fourth-order valence-corrected chi connectivity index (χ4v) is 6.35. The molecule has 0 aliphatic carbocycles. The van der Waals surface area contributed by atoms with Crippen molar-refractivity contribution in [3.8, 4) is 23.0 Å². The third-order valence-corrected chi connectivity index (χ3v) is 9.56. The molecule has 0 fully saturated rings. The third-order valence-electron chi connectivity index (χ3n) is 7.49. The molecule has 1 amide bonds. The van der Waals surface area contributed by atoms with Crippen LogP contribution in [-0.2, 0) is 41.8 Å². The molecule has 0 heterocycles. The predicted molar refractivity (Wildman–Crippen MR) is 208 cm³/mol. The van der Waals surface area contributed by atoms with Crippen molar-refractivity contribution in [1.29, 1.82) is 0 Å². The van der Waals surface area contributed by atoms with Crippen LogP contribution in [0.2, 0.25) is 0 Å². The maximum atomic E-state index is 13.7. The van der Waals surface area contributed by atoms with E-state index in [0.717, 1.165) is 16.4 Å². The van der Waals surface area contributed by atoms with E-state index in [2.05, 4.69) is 5.32 Å². The molecule has 0 bridgehead atoms. The summed E-state index contributed by atoms with van der Waals surface area (Å²) in [5.74, 6) is 2.01. The van der Waals surface area contributed by atoms with Crippen molar-refractivity contribution in [2.45, 2.75) is 27.1 Å². The van der Waals surface area contributed by atoms with Crippen molar-refractivity contribution in [2.24, 2.45) is 0 Å². The zero-order valence-electron chi connectivity index (χ0n) is 29.6. The Bertz CT molecular complexity index is 2270. The molecule has 0 atom stereocenters. The number of benzene rings is 5. The summed E-state index contributed by atoms with van der Waals surface area (Å²) in [7, 11) is -7.51. The Morgan fingerprint density at radius 3 is 1.63 bits per heavy atom. The summed E-state index contributed by atoms with van der Waals surface area (Å²) in [6.45, 7) is 3.50. The highest BCUT2D eigenvalue weighted by Gasteiger charge is 2.15. The summed E-state index contributed by atoms with van der Waals surface area (Å²) in [6, 6.07) is 35.5. The molecule has 5 aromatic rings. The van der Waals surface area contributed by atoms with Crippen LogP contribution in [0.25, 0.3) is 12.2 Å². The second-order valence-corrected chi connectivity index (χ2v) is 14.5. The van der Waals surface area contributed by atoms with E-state index in [4.69, 9.17) is 22.6 Å². The van der Waals surface area contributed by atoms with Crippen molar-refractivity contribution in [2.75, 3.05) is 18.5 Å². The lowest BCUT2D eigenvalue weighted by Gasteiger charge is -2.14. The van der Waals surface area contributed by atoms with Crippen LogP contribution >= 0.6 is 0 Å². The van der Waals surface area contributed by atoms with Crippen molar-refractivity contribution in [3.63, 3.8) is 0 Å². The zero-order valence-corrected chi connectivity index (χ0v) is 31.2. The van der Waals surface area contributed by atoms with Crippen LogP contribution < -0.4 is 19.5 Å². The van der Waals surface area contributed by atoms with E-state index in [9.17, 15) is 21.6 Å². The first kappa shape index (κ1) is 39.5. The minimum absolute atomic E-state index is 0.0443. The van der Waals surface area contributed by atoms with Gasteiger partial charge in [-0.3, -0.25) is 13.2 Å². The average Bonchev–Trinajstić information content (AvgIpc) is 3.17. The summed E-state index contributed by atoms with van der Waals surface area (Å²) >= 11 is 0. The van der Waals surface area contributed by atoms with E-state index >= 15 is 0 Å². The number of carbonyl (C=O) groups is 1. The van der Waals surface area contributed by atoms with Gasteiger partial charge in [0.1, 0.15) is 36.2 Å². The van der Waals surface area contributed by atoms with Crippen LogP contribution in [0.15, 0.2) is 132 Å². The van der Waals surface area contributed by atoms with Gasteiger partial charge in [-0.15, -0.1) is 0 Å². The van der Waals surface area contributed by atoms with Gasteiger partial charge in [-0.2, -0.15) is 16.8 Å². The number of nitrogens with one attached hydrogen (secondary N) is 1. The number of amides is 1. The highest BCUT2D eigenvalue weighted by Crippen LogP contribution is 2.25. The molecule has 0 aliphatic heterocycles. The Morgan fingerprint density at radius 1 is 0.593 bits per heavy atom. The van der Waals surface area contributed by atoms with Crippen molar-refractivity contribution in [1.82, 2.24) is 0 Å². The van der Waals surface area contributed by atoms with E-state index in [1.807, 2.05) is 36.4 Å². The monoisotopic (exact) mass is 769 g/mol. The van der Waals surface area contributed by atoms with Crippen LogP contribution in [0, 0.1) is 0 Å². The van der Waals surface area contributed by atoms with E-state index in [1.165, 1.54) is 12.2 Å². The first-order valence-electron chi connectivity index (χ1n) is 16.9. The Balaban J connectivity index is 1.29. The van der Waals surface area contributed by atoms with Gasteiger partial charge in [0, 0.05) is 16.8 Å². The van der Waals surface area contributed by atoms with Gasteiger partial charge in [-0.1, -0.05) is 54.6 Å². The molecule has 0 saturated heterocycles. The van der Waals surface area contributed by atoms with E-state index < -0.39 is 20.2 Å². The molecule has 54 heavy (non-hydrogen) atoms. The lowest BCUT2D eigenvalue weighted by Crippen LogP contribution is -2.16. The highest BCUT2D eigenvalue weighted by atomic mass is 32.2. The summed E-state index contributed by atoms with van der Waals surface area (Å²) in [6.07, 6.45) is 2.87. The van der Waals surface area contributed by atoms with E-state index in [1.54, 1.807) is 98.8 Å². The Hall–Kier alpha value is -5.73. The Kier molecular flexibility index (Phi) is 13.8. The molecule has 0 aliphatic rings. The van der Waals surface area contributed by atoms with Crippen molar-refractivity contribution in [3.05, 3.63) is 160 Å². The highest BCUT2D eigenvalue weighted by molar-refractivity contribution is 7.90. The van der Waals surface area contributed by atoms with Gasteiger partial charge in [0.2, 0.25) is 0 Å². The fourth-order valence-electron chi connectivity index (χ4n) is 4.89. The molecule has 13 heteroatoms. The van der Waals surface area contributed by atoms with Gasteiger partial charge in [0.05, 0.1) is 24.0 Å². The molecule has 0 spiro atoms. The van der Waals surface area contributed by atoms with Crippen LogP contribution in [0.3, 0.4) is 0 Å². The van der Waals surface area contributed by atoms with Gasteiger partial charge in [0.25, 0.3) is 26.1 Å².